The van der Waals surface area contributed by atoms with E-state index in [1.807, 2.05) is 6.07 Å². The zero-order chi connectivity index (χ0) is 8.43. The van der Waals surface area contributed by atoms with Gasteiger partial charge in [0.1, 0.15) is 0 Å². The van der Waals surface area contributed by atoms with Gasteiger partial charge >= 0.3 is 0 Å². The van der Waals surface area contributed by atoms with Gasteiger partial charge in [0.25, 0.3) is 0 Å². The van der Waals surface area contributed by atoms with Crippen LogP contribution in [0.5, 0.6) is 0 Å². The van der Waals surface area contributed by atoms with Gasteiger partial charge in [0.05, 0.1) is 6.10 Å². The van der Waals surface area contributed by atoms with Crippen molar-refractivity contribution in [3.8, 4) is 0 Å². The summed E-state index contributed by atoms with van der Waals surface area (Å²) in [6, 6.07) is 5.35. The van der Waals surface area contributed by atoms with E-state index in [0.29, 0.717) is 5.02 Å². The maximum atomic E-state index is 9.24. The highest BCUT2D eigenvalue weighted by molar-refractivity contribution is 9.10. The second-order valence-electron chi connectivity index (χ2n) is 2.34. The van der Waals surface area contributed by atoms with Crippen molar-refractivity contribution >= 4 is 27.5 Å². The highest BCUT2D eigenvalue weighted by atomic mass is 79.9. The predicted molar refractivity (Wildman–Crippen MR) is 49.8 cm³/mol. The van der Waals surface area contributed by atoms with Crippen LogP contribution in [0.1, 0.15) is 18.6 Å². The van der Waals surface area contributed by atoms with Crippen LogP contribution < -0.4 is 0 Å². The number of hydrogen-bond donors (Lipinski definition) is 1. The summed E-state index contributed by atoms with van der Waals surface area (Å²) in [5, 5.41) is 9.88. The summed E-state index contributed by atoms with van der Waals surface area (Å²) in [5.74, 6) is 0. The van der Waals surface area contributed by atoms with Crippen LogP contribution >= 0.6 is 27.5 Å². The number of rotatable bonds is 1. The van der Waals surface area contributed by atoms with E-state index in [1.165, 1.54) is 0 Å². The molecule has 1 atom stereocenters. The molecule has 1 aromatic carbocycles. The Morgan fingerprint density at radius 3 is 2.64 bits per heavy atom. The van der Waals surface area contributed by atoms with Gasteiger partial charge < -0.3 is 5.11 Å². The Hall–Kier alpha value is -0.0500. The topological polar surface area (TPSA) is 20.2 Å². The first-order valence-corrected chi connectivity index (χ1v) is 4.41. The number of benzene rings is 1. The molecule has 60 valence electrons. The second-order valence-corrected chi connectivity index (χ2v) is 3.63. The maximum Gasteiger partial charge on any atom is 0.0773 e. The van der Waals surface area contributed by atoms with Crippen molar-refractivity contribution in [2.24, 2.45) is 0 Å². The Labute approximate surface area is 79.1 Å². The molecule has 11 heavy (non-hydrogen) atoms. The Balaban J connectivity index is 3.13. The average Bonchev–Trinajstić information content (AvgIpc) is 1.94. The molecule has 0 aromatic heterocycles. The summed E-state index contributed by atoms with van der Waals surface area (Å²) in [7, 11) is 0. The molecule has 0 saturated carbocycles. The normalized spacial score (nSPS) is 13.1. The number of halogens is 2. The number of hydrogen-bond acceptors (Lipinski definition) is 1. The van der Waals surface area contributed by atoms with Crippen LogP contribution in [0.3, 0.4) is 0 Å². The van der Waals surface area contributed by atoms with Gasteiger partial charge in [-0.2, -0.15) is 0 Å². The standard InChI is InChI=1S/C8H8BrClO/c1-5(11)7-4-6(10)2-3-8(7)9/h2-5,11H,1H3. The minimum Gasteiger partial charge on any atom is -0.389 e. The zero-order valence-electron chi connectivity index (χ0n) is 6.01. The predicted octanol–water partition coefficient (Wildman–Crippen LogP) is 3.16. The fourth-order valence-corrected chi connectivity index (χ4v) is 1.59. The molecular weight excluding hydrogens is 227 g/mol. The van der Waals surface area contributed by atoms with Gasteiger partial charge in [-0.15, -0.1) is 0 Å². The molecule has 1 nitrogen and oxygen atoms in total. The van der Waals surface area contributed by atoms with Crippen molar-refractivity contribution in [3.63, 3.8) is 0 Å². The molecule has 1 unspecified atom stereocenters. The van der Waals surface area contributed by atoms with Crippen molar-refractivity contribution in [2.45, 2.75) is 13.0 Å². The van der Waals surface area contributed by atoms with Crippen LogP contribution in [0.25, 0.3) is 0 Å². The molecule has 0 aliphatic heterocycles. The van der Waals surface area contributed by atoms with E-state index in [2.05, 4.69) is 15.9 Å². The maximum absolute atomic E-state index is 9.24. The smallest absolute Gasteiger partial charge is 0.0773 e. The molecule has 0 fully saturated rings. The molecule has 0 heterocycles. The molecular formula is C8H8BrClO. The zero-order valence-corrected chi connectivity index (χ0v) is 8.35. The van der Waals surface area contributed by atoms with Crippen LogP contribution in [0.4, 0.5) is 0 Å². The Kier molecular flexibility index (Phi) is 2.93. The minimum absolute atomic E-state index is 0.483. The minimum atomic E-state index is -0.483. The number of aliphatic hydroxyl groups excluding tert-OH is 1. The van der Waals surface area contributed by atoms with Gasteiger partial charge in [-0.1, -0.05) is 27.5 Å². The van der Waals surface area contributed by atoms with Crippen molar-refractivity contribution in [3.05, 3.63) is 33.3 Å². The molecule has 0 aliphatic rings. The molecule has 3 heteroatoms. The molecule has 1 aromatic rings. The average molecular weight is 236 g/mol. The van der Waals surface area contributed by atoms with E-state index in [0.717, 1.165) is 10.0 Å². The summed E-state index contributed by atoms with van der Waals surface area (Å²) in [5.41, 5.74) is 0.817. The fraction of sp³-hybridized carbons (Fsp3) is 0.250. The largest absolute Gasteiger partial charge is 0.389 e. The monoisotopic (exact) mass is 234 g/mol. The lowest BCUT2D eigenvalue weighted by Crippen LogP contribution is -1.91. The summed E-state index contributed by atoms with van der Waals surface area (Å²) in [6.45, 7) is 1.70. The van der Waals surface area contributed by atoms with Crippen LogP contribution in [-0.2, 0) is 0 Å². The first-order chi connectivity index (χ1) is 5.11. The van der Waals surface area contributed by atoms with Crippen LogP contribution in [0.2, 0.25) is 5.02 Å². The van der Waals surface area contributed by atoms with Crippen LogP contribution in [0, 0.1) is 0 Å². The molecule has 0 amide bonds. The second kappa shape index (κ2) is 3.57. The summed E-state index contributed by atoms with van der Waals surface area (Å²) >= 11 is 9.04. The van der Waals surface area contributed by atoms with Crippen molar-refractivity contribution in [1.82, 2.24) is 0 Å². The SMILES string of the molecule is CC(O)c1cc(Cl)ccc1Br. The first-order valence-electron chi connectivity index (χ1n) is 3.24. The molecule has 0 bridgehead atoms. The van der Waals surface area contributed by atoms with Gasteiger partial charge in [-0.3, -0.25) is 0 Å². The third-order valence-corrected chi connectivity index (χ3v) is 2.37. The Morgan fingerprint density at radius 2 is 2.18 bits per heavy atom. The molecule has 1 N–H and O–H groups in total. The lowest BCUT2D eigenvalue weighted by molar-refractivity contribution is 0.198. The molecule has 1 rings (SSSR count). The summed E-state index contributed by atoms with van der Waals surface area (Å²) < 4.78 is 0.886. The molecule has 0 saturated heterocycles. The van der Waals surface area contributed by atoms with Gasteiger partial charge in [0, 0.05) is 9.50 Å². The van der Waals surface area contributed by atoms with Gasteiger partial charge in [0.2, 0.25) is 0 Å². The highest BCUT2D eigenvalue weighted by Crippen LogP contribution is 2.25. The molecule has 0 aliphatic carbocycles. The Bertz CT molecular complexity index is 260. The molecule has 0 spiro atoms. The molecule has 0 radical (unpaired) electrons. The summed E-state index contributed by atoms with van der Waals surface area (Å²) in [6.07, 6.45) is -0.483. The Morgan fingerprint density at radius 1 is 1.55 bits per heavy atom. The fourth-order valence-electron chi connectivity index (χ4n) is 0.835. The number of aliphatic hydroxyl groups is 1. The van der Waals surface area contributed by atoms with E-state index >= 15 is 0 Å². The van der Waals surface area contributed by atoms with Gasteiger partial charge in [-0.05, 0) is 30.7 Å². The highest BCUT2D eigenvalue weighted by Gasteiger charge is 2.05. The quantitative estimate of drug-likeness (QED) is 0.793. The third-order valence-electron chi connectivity index (χ3n) is 1.41. The third kappa shape index (κ3) is 2.19. The first kappa shape index (κ1) is 9.04. The lowest BCUT2D eigenvalue weighted by atomic mass is 10.1. The van der Waals surface area contributed by atoms with E-state index in [1.54, 1.807) is 19.1 Å². The lowest BCUT2D eigenvalue weighted by Gasteiger charge is -2.06. The van der Waals surface area contributed by atoms with Gasteiger partial charge in [-0.25, -0.2) is 0 Å². The van der Waals surface area contributed by atoms with E-state index in [9.17, 15) is 5.11 Å². The van der Waals surface area contributed by atoms with E-state index < -0.39 is 6.10 Å². The van der Waals surface area contributed by atoms with E-state index in [-0.39, 0.29) is 0 Å². The van der Waals surface area contributed by atoms with Gasteiger partial charge in [0.15, 0.2) is 0 Å². The van der Waals surface area contributed by atoms with Crippen LogP contribution in [0.15, 0.2) is 22.7 Å². The summed E-state index contributed by atoms with van der Waals surface area (Å²) in [4.78, 5) is 0. The van der Waals surface area contributed by atoms with E-state index in [4.69, 9.17) is 11.6 Å². The van der Waals surface area contributed by atoms with Crippen molar-refractivity contribution in [1.29, 1.82) is 0 Å². The van der Waals surface area contributed by atoms with Crippen molar-refractivity contribution < 1.29 is 5.11 Å². The van der Waals surface area contributed by atoms with Crippen LogP contribution in [-0.4, -0.2) is 5.11 Å². The van der Waals surface area contributed by atoms with Crippen molar-refractivity contribution in [2.75, 3.05) is 0 Å².